The fraction of sp³-hybridized carbons (Fsp3) is 0.280. The van der Waals surface area contributed by atoms with E-state index >= 15 is 0 Å². The Bertz CT molecular complexity index is 1150. The molecule has 0 saturated heterocycles. The van der Waals surface area contributed by atoms with Gasteiger partial charge in [0.2, 0.25) is 11.7 Å². The fourth-order valence-electron chi connectivity index (χ4n) is 3.40. The molecule has 0 unspecified atom stereocenters. The van der Waals surface area contributed by atoms with Crippen LogP contribution < -0.4 is 24.3 Å². The number of benzene rings is 2. The van der Waals surface area contributed by atoms with Crippen LogP contribution in [0.1, 0.15) is 22.2 Å². The molecule has 34 heavy (non-hydrogen) atoms. The van der Waals surface area contributed by atoms with Gasteiger partial charge in [0.15, 0.2) is 11.5 Å². The van der Waals surface area contributed by atoms with Crippen molar-refractivity contribution in [1.82, 2.24) is 0 Å². The van der Waals surface area contributed by atoms with Crippen LogP contribution >= 0.6 is 11.3 Å². The number of amides is 1. The monoisotopic (exact) mass is 485 g/mol. The number of ether oxygens (including phenoxy) is 5. The van der Waals surface area contributed by atoms with E-state index < -0.39 is 5.97 Å². The lowest BCUT2D eigenvalue weighted by molar-refractivity contribution is -0.115. The lowest BCUT2D eigenvalue weighted by atomic mass is 10.1. The molecular weight excluding hydrogens is 458 g/mol. The molecule has 180 valence electrons. The molecule has 3 rings (SSSR count). The summed E-state index contributed by atoms with van der Waals surface area (Å²) in [4.78, 5) is 26.7. The maximum atomic E-state index is 13.0. The molecule has 1 amide bonds. The summed E-state index contributed by atoms with van der Waals surface area (Å²) >= 11 is 1.25. The van der Waals surface area contributed by atoms with Crippen molar-refractivity contribution in [3.05, 3.63) is 52.9 Å². The van der Waals surface area contributed by atoms with Crippen molar-refractivity contribution >= 4 is 28.9 Å². The number of hydrogen-bond donors (Lipinski definition) is 1. The Balaban J connectivity index is 1.89. The highest BCUT2D eigenvalue weighted by atomic mass is 32.1. The second kappa shape index (κ2) is 11.4. The first-order chi connectivity index (χ1) is 16.4. The van der Waals surface area contributed by atoms with Gasteiger partial charge in [0.05, 0.1) is 47.2 Å². The Hall–Kier alpha value is -3.72. The number of methoxy groups -OCH3 is 4. The van der Waals surface area contributed by atoms with E-state index in [1.165, 1.54) is 32.7 Å². The zero-order valence-electron chi connectivity index (χ0n) is 19.7. The normalized spacial score (nSPS) is 10.4. The van der Waals surface area contributed by atoms with Gasteiger partial charge in [-0.05, 0) is 48.9 Å². The summed E-state index contributed by atoms with van der Waals surface area (Å²) in [6, 6.07) is 12.7. The van der Waals surface area contributed by atoms with Gasteiger partial charge < -0.3 is 29.0 Å². The zero-order chi connectivity index (χ0) is 24.7. The Morgan fingerprint density at radius 1 is 0.882 bits per heavy atom. The molecule has 8 nitrogen and oxygen atoms in total. The minimum atomic E-state index is -0.494. The Kier molecular flexibility index (Phi) is 8.37. The minimum absolute atomic E-state index is 0.000487. The van der Waals surface area contributed by atoms with Crippen LogP contribution in [0.25, 0.3) is 10.4 Å². The second-order valence-electron chi connectivity index (χ2n) is 7.02. The van der Waals surface area contributed by atoms with Gasteiger partial charge in [-0.1, -0.05) is 6.07 Å². The number of anilines is 1. The van der Waals surface area contributed by atoms with Crippen LogP contribution in [0.2, 0.25) is 0 Å². The van der Waals surface area contributed by atoms with Gasteiger partial charge in [0, 0.05) is 10.4 Å². The van der Waals surface area contributed by atoms with Crippen LogP contribution in [0, 0.1) is 0 Å². The van der Waals surface area contributed by atoms with E-state index in [1.54, 1.807) is 32.2 Å². The number of hydrogen-bond acceptors (Lipinski definition) is 8. The van der Waals surface area contributed by atoms with Crippen LogP contribution in [-0.2, 0) is 16.0 Å². The van der Waals surface area contributed by atoms with Crippen LogP contribution in [-0.4, -0.2) is 46.9 Å². The van der Waals surface area contributed by atoms with Gasteiger partial charge in [-0.25, -0.2) is 4.79 Å². The third-order valence-corrected chi connectivity index (χ3v) is 6.14. The summed E-state index contributed by atoms with van der Waals surface area (Å²) in [5.74, 6) is 1.21. The van der Waals surface area contributed by atoms with Crippen molar-refractivity contribution in [2.75, 3.05) is 40.4 Å². The molecule has 0 aliphatic carbocycles. The molecule has 3 aromatic rings. The number of carbonyl (C=O) groups excluding carboxylic acids is 2. The first kappa shape index (κ1) is 24.9. The first-order valence-electron chi connectivity index (χ1n) is 10.5. The molecule has 0 atom stereocenters. The van der Waals surface area contributed by atoms with E-state index in [0.717, 1.165) is 16.2 Å². The molecular formula is C25H27NO7S. The van der Waals surface area contributed by atoms with Crippen LogP contribution in [0.4, 0.5) is 5.69 Å². The van der Waals surface area contributed by atoms with Crippen LogP contribution in [0.15, 0.2) is 42.5 Å². The molecule has 1 N–H and O–H groups in total. The lowest BCUT2D eigenvalue weighted by Crippen LogP contribution is -2.17. The summed E-state index contributed by atoms with van der Waals surface area (Å²) < 4.78 is 26.6. The summed E-state index contributed by atoms with van der Waals surface area (Å²) in [5, 5.41) is 2.85. The van der Waals surface area contributed by atoms with Crippen molar-refractivity contribution in [2.45, 2.75) is 13.3 Å². The highest BCUT2D eigenvalue weighted by molar-refractivity contribution is 7.18. The van der Waals surface area contributed by atoms with Crippen molar-refractivity contribution in [1.29, 1.82) is 0 Å². The second-order valence-corrected chi connectivity index (χ2v) is 8.07. The molecule has 2 aromatic carbocycles. The number of esters is 1. The molecule has 9 heteroatoms. The average molecular weight is 486 g/mol. The van der Waals surface area contributed by atoms with Gasteiger partial charge in [-0.15, -0.1) is 11.3 Å². The molecule has 0 fully saturated rings. The molecule has 0 radical (unpaired) electrons. The van der Waals surface area contributed by atoms with E-state index in [0.29, 0.717) is 33.4 Å². The van der Waals surface area contributed by atoms with Gasteiger partial charge >= 0.3 is 5.97 Å². The quantitative estimate of drug-likeness (QED) is 0.412. The van der Waals surface area contributed by atoms with Crippen LogP contribution in [0.3, 0.4) is 0 Å². The van der Waals surface area contributed by atoms with Gasteiger partial charge in [-0.3, -0.25) is 4.79 Å². The predicted molar refractivity (Wildman–Crippen MR) is 131 cm³/mol. The molecule has 0 saturated carbocycles. The van der Waals surface area contributed by atoms with Crippen molar-refractivity contribution < 1.29 is 33.3 Å². The fourth-order valence-corrected chi connectivity index (χ4v) is 4.41. The summed E-state index contributed by atoms with van der Waals surface area (Å²) in [7, 11) is 6.12. The van der Waals surface area contributed by atoms with E-state index in [4.69, 9.17) is 23.7 Å². The maximum absolute atomic E-state index is 13.0. The number of rotatable bonds is 10. The third-order valence-electron chi connectivity index (χ3n) is 4.98. The third kappa shape index (κ3) is 5.43. The molecule has 0 bridgehead atoms. The Morgan fingerprint density at radius 2 is 1.59 bits per heavy atom. The zero-order valence-corrected chi connectivity index (χ0v) is 20.5. The lowest BCUT2D eigenvalue weighted by Gasteiger charge is -2.15. The largest absolute Gasteiger partial charge is 0.497 e. The van der Waals surface area contributed by atoms with E-state index in [-0.39, 0.29) is 18.9 Å². The minimum Gasteiger partial charge on any atom is -0.497 e. The summed E-state index contributed by atoms with van der Waals surface area (Å²) in [6.45, 7) is 1.96. The number of thiophene rings is 1. The summed E-state index contributed by atoms with van der Waals surface area (Å²) in [6.07, 6.45) is -0.000487. The first-order valence-corrected chi connectivity index (χ1v) is 11.3. The maximum Gasteiger partial charge on any atom is 0.350 e. The van der Waals surface area contributed by atoms with Gasteiger partial charge in [0.1, 0.15) is 10.6 Å². The molecule has 1 aromatic heterocycles. The number of carbonyl (C=O) groups is 2. The molecule has 1 heterocycles. The van der Waals surface area contributed by atoms with Crippen molar-refractivity contribution in [3.8, 4) is 33.4 Å². The van der Waals surface area contributed by atoms with Gasteiger partial charge in [0.25, 0.3) is 0 Å². The smallest absolute Gasteiger partial charge is 0.350 e. The van der Waals surface area contributed by atoms with Crippen LogP contribution in [0.5, 0.6) is 23.0 Å². The van der Waals surface area contributed by atoms with E-state index in [9.17, 15) is 9.59 Å². The Morgan fingerprint density at radius 3 is 2.18 bits per heavy atom. The van der Waals surface area contributed by atoms with E-state index in [1.807, 2.05) is 24.3 Å². The SMILES string of the molecule is CCOC(=O)c1sc(-c2ccc(OC)cc2)cc1NC(=O)Cc1ccc(OC)c(OC)c1OC. The topological polar surface area (TPSA) is 92.3 Å². The number of nitrogens with one attached hydrogen (secondary N) is 1. The molecule has 0 aliphatic heterocycles. The average Bonchev–Trinajstić information content (AvgIpc) is 3.27. The van der Waals surface area contributed by atoms with E-state index in [2.05, 4.69) is 5.32 Å². The predicted octanol–water partition coefficient (Wildman–Crippen LogP) is 4.81. The van der Waals surface area contributed by atoms with Gasteiger partial charge in [-0.2, -0.15) is 0 Å². The highest BCUT2D eigenvalue weighted by Crippen LogP contribution is 2.40. The Labute approximate surface area is 202 Å². The highest BCUT2D eigenvalue weighted by Gasteiger charge is 2.22. The van der Waals surface area contributed by atoms with Crippen molar-refractivity contribution in [2.24, 2.45) is 0 Å². The van der Waals surface area contributed by atoms with Crippen molar-refractivity contribution in [3.63, 3.8) is 0 Å². The summed E-state index contributed by atoms with van der Waals surface area (Å²) in [5.41, 5.74) is 1.89. The molecule has 0 spiro atoms. The molecule has 0 aliphatic rings. The standard InChI is InChI=1S/C25H27NO7S/c1-6-33-25(28)24-18(14-20(34-24)15-7-10-17(29-2)11-8-15)26-21(27)13-16-9-12-19(30-3)23(32-5)22(16)31-4/h7-12,14H,6,13H2,1-5H3,(H,26,27).